The van der Waals surface area contributed by atoms with Gasteiger partial charge in [-0.1, -0.05) is 43.3 Å². The second-order valence-corrected chi connectivity index (χ2v) is 7.99. The molecule has 1 fully saturated rings. The number of benzene rings is 2. The molecule has 0 radical (unpaired) electrons. The molecule has 2 heterocycles. The minimum Gasteiger partial charge on any atom is -0.334 e. The smallest absolute Gasteiger partial charge is 0.258 e. The van der Waals surface area contributed by atoms with E-state index < -0.39 is 0 Å². The van der Waals surface area contributed by atoms with Crippen molar-refractivity contribution in [3.05, 3.63) is 59.2 Å². The second-order valence-electron chi connectivity index (χ2n) is 7.99. The van der Waals surface area contributed by atoms with E-state index in [1.165, 1.54) is 36.2 Å². The predicted octanol–water partition coefficient (Wildman–Crippen LogP) is 5.12. The van der Waals surface area contributed by atoms with Gasteiger partial charge < -0.3 is 4.52 Å². The van der Waals surface area contributed by atoms with Crippen molar-refractivity contribution in [2.45, 2.75) is 40.2 Å². The van der Waals surface area contributed by atoms with Crippen LogP contribution >= 0.6 is 0 Å². The molecular formula is C23H27N3O. The third-order valence-electron chi connectivity index (χ3n) is 5.21. The number of rotatable bonds is 6. The molecule has 0 aliphatic carbocycles. The Hall–Kier alpha value is -2.46. The van der Waals surface area contributed by atoms with E-state index in [0.29, 0.717) is 17.6 Å². The number of hydrogen-bond donors (Lipinski definition) is 0. The van der Waals surface area contributed by atoms with Gasteiger partial charge in [0, 0.05) is 17.7 Å². The Morgan fingerprint density at radius 2 is 1.78 bits per heavy atom. The average Bonchev–Trinajstić information content (AvgIpc) is 3.09. The predicted molar refractivity (Wildman–Crippen MR) is 108 cm³/mol. The van der Waals surface area contributed by atoms with E-state index in [4.69, 9.17) is 4.52 Å². The molecule has 0 N–H and O–H groups in total. The van der Waals surface area contributed by atoms with Crippen LogP contribution in [-0.4, -0.2) is 28.1 Å². The molecule has 0 atom stereocenters. The van der Waals surface area contributed by atoms with E-state index in [1.807, 2.05) is 0 Å². The lowest BCUT2D eigenvalue weighted by molar-refractivity contribution is 0.172. The van der Waals surface area contributed by atoms with Crippen molar-refractivity contribution in [3.8, 4) is 22.8 Å². The van der Waals surface area contributed by atoms with Gasteiger partial charge in [0.05, 0.1) is 0 Å². The molecule has 27 heavy (non-hydrogen) atoms. The summed E-state index contributed by atoms with van der Waals surface area (Å²) in [7, 11) is 0. The van der Waals surface area contributed by atoms with Gasteiger partial charge in [-0.3, -0.25) is 4.90 Å². The van der Waals surface area contributed by atoms with E-state index in [0.717, 1.165) is 24.1 Å². The number of aromatic nitrogens is 2. The first-order valence-corrected chi connectivity index (χ1v) is 9.84. The fourth-order valence-corrected chi connectivity index (χ4v) is 3.51. The van der Waals surface area contributed by atoms with Gasteiger partial charge in [-0.2, -0.15) is 4.98 Å². The maximum absolute atomic E-state index is 5.52. The molecule has 0 amide bonds. The molecule has 1 aliphatic heterocycles. The van der Waals surface area contributed by atoms with Crippen LogP contribution in [0.4, 0.5) is 0 Å². The van der Waals surface area contributed by atoms with Gasteiger partial charge in [0.15, 0.2) is 0 Å². The minimum absolute atomic E-state index is 0.573. The third kappa shape index (κ3) is 4.11. The summed E-state index contributed by atoms with van der Waals surface area (Å²) in [6, 6.07) is 14.9. The number of nitrogens with zero attached hydrogens (tertiary/aromatic N) is 3. The van der Waals surface area contributed by atoms with Crippen LogP contribution in [-0.2, 0) is 13.0 Å². The summed E-state index contributed by atoms with van der Waals surface area (Å²) in [4.78, 5) is 7.08. The molecular weight excluding hydrogens is 334 g/mol. The van der Waals surface area contributed by atoms with Crippen molar-refractivity contribution >= 4 is 0 Å². The third-order valence-corrected chi connectivity index (χ3v) is 5.21. The first-order chi connectivity index (χ1) is 13.1. The fraction of sp³-hybridized carbons (Fsp3) is 0.391. The zero-order valence-corrected chi connectivity index (χ0v) is 16.4. The van der Waals surface area contributed by atoms with Crippen LogP contribution in [0.3, 0.4) is 0 Å². The Morgan fingerprint density at radius 1 is 1.04 bits per heavy atom. The normalized spacial score (nSPS) is 14.5. The summed E-state index contributed by atoms with van der Waals surface area (Å²) < 4.78 is 5.52. The van der Waals surface area contributed by atoms with Crippen molar-refractivity contribution in [3.63, 3.8) is 0 Å². The summed E-state index contributed by atoms with van der Waals surface area (Å²) in [5.74, 6) is 1.87. The quantitative estimate of drug-likeness (QED) is 0.611. The Kier molecular flexibility index (Phi) is 5.08. The fourth-order valence-electron chi connectivity index (χ4n) is 3.51. The highest BCUT2D eigenvalue weighted by Crippen LogP contribution is 2.25. The molecule has 3 aromatic rings. The van der Waals surface area contributed by atoms with E-state index in [2.05, 4.69) is 78.3 Å². The van der Waals surface area contributed by atoms with Crippen molar-refractivity contribution < 1.29 is 4.52 Å². The van der Waals surface area contributed by atoms with Gasteiger partial charge in [0.1, 0.15) is 0 Å². The first-order valence-electron chi connectivity index (χ1n) is 9.84. The van der Waals surface area contributed by atoms with Crippen LogP contribution < -0.4 is 0 Å². The summed E-state index contributed by atoms with van der Waals surface area (Å²) in [6.07, 6.45) is 2.40. The standard InChI is InChI=1S/C23H27N3O/c1-16(2)13-18-5-7-19(8-6-18)23-24-22(25-27-23)20-9-10-21(17(3)14-20)15-26-11-4-12-26/h5-10,14,16H,4,11-13,15H2,1-3H3. The van der Waals surface area contributed by atoms with E-state index in [9.17, 15) is 0 Å². The molecule has 140 valence electrons. The Balaban J connectivity index is 1.51. The van der Waals surface area contributed by atoms with Crippen molar-refractivity contribution in [1.29, 1.82) is 0 Å². The van der Waals surface area contributed by atoms with Gasteiger partial charge in [-0.15, -0.1) is 0 Å². The zero-order valence-electron chi connectivity index (χ0n) is 16.4. The Morgan fingerprint density at radius 3 is 2.41 bits per heavy atom. The highest BCUT2D eigenvalue weighted by atomic mass is 16.5. The minimum atomic E-state index is 0.573. The lowest BCUT2D eigenvalue weighted by Crippen LogP contribution is -2.36. The largest absolute Gasteiger partial charge is 0.334 e. The molecule has 1 aliphatic rings. The molecule has 0 unspecified atom stereocenters. The average molecular weight is 361 g/mol. The van der Waals surface area contributed by atoms with Crippen molar-refractivity contribution in [2.75, 3.05) is 13.1 Å². The monoisotopic (exact) mass is 361 g/mol. The second kappa shape index (κ2) is 7.65. The lowest BCUT2D eigenvalue weighted by atomic mass is 10.0. The highest BCUT2D eigenvalue weighted by Gasteiger charge is 2.16. The van der Waals surface area contributed by atoms with Crippen LogP contribution in [0.1, 0.15) is 37.0 Å². The molecule has 0 bridgehead atoms. The number of aryl methyl sites for hydroxylation is 1. The van der Waals surface area contributed by atoms with Crippen molar-refractivity contribution in [2.24, 2.45) is 5.92 Å². The molecule has 4 rings (SSSR count). The van der Waals surface area contributed by atoms with Gasteiger partial charge >= 0.3 is 0 Å². The molecule has 4 nitrogen and oxygen atoms in total. The van der Waals surface area contributed by atoms with E-state index in [-0.39, 0.29) is 0 Å². The van der Waals surface area contributed by atoms with Crippen LogP contribution in [0.25, 0.3) is 22.8 Å². The maximum Gasteiger partial charge on any atom is 0.258 e. The van der Waals surface area contributed by atoms with Crippen molar-refractivity contribution in [1.82, 2.24) is 15.0 Å². The van der Waals surface area contributed by atoms with E-state index in [1.54, 1.807) is 0 Å². The molecule has 0 saturated carbocycles. The number of likely N-dealkylation sites (tertiary alicyclic amines) is 1. The molecule has 4 heteroatoms. The zero-order chi connectivity index (χ0) is 18.8. The topological polar surface area (TPSA) is 42.2 Å². The van der Waals surface area contributed by atoms with E-state index >= 15 is 0 Å². The summed E-state index contributed by atoms with van der Waals surface area (Å²) in [6.45, 7) is 10.1. The SMILES string of the molecule is Cc1cc(-c2noc(-c3ccc(CC(C)C)cc3)n2)ccc1CN1CCC1. The Bertz CT molecular complexity index is 908. The highest BCUT2D eigenvalue weighted by molar-refractivity contribution is 5.61. The van der Waals surface area contributed by atoms with Gasteiger partial charge in [0.2, 0.25) is 5.82 Å². The number of hydrogen-bond acceptors (Lipinski definition) is 4. The van der Waals surface area contributed by atoms with Gasteiger partial charge in [-0.05, 0) is 73.7 Å². The van der Waals surface area contributed by atoms with Crippen LogP contribution in [0, 0.1) is 12.8 Å². The lowest BCUT2D eigenvalue weighted by Gasteiger charge is -2.31. The first kappa shape index (κ1) is 17.9. The molecule has 1 aromatic heterocycles. The summed E-state index contributed by atoms with van der Waals surface area (Å²) in [5, 5.41) is 4.20. The molecule has 2 aromatic carbocycles. The summed E-state index contributed by atoms with van der Waals surface area (Å²) in [5.41, 5.74) is 5.97. The van der Waals surface area contributed by atoms with Crippen LogP contribution in [0.5, 0.6) is 0 Å². The molecule has 1 saturated heterocycles. The van der Waals surface area contributed by atoms with Gasteiger partial charge in [0.25, 0.3) is 5.89 Å². The van der Waals surface area contributed by atoms with Gasteiger partial charge in [-0.25, -0.2) is 0 Å². The van der Waals surface area contributed by atoms with Crippen LogP contribution in [0.15, 0.2) is 47.0 Å². The van der Waals surface area contributed by atoms with Crippen LogP contribution in [0.2, 0.25) is 0 Å². The maximum atomic E-state index is 5.52. The summed E-state index contributed by atoms with van der Waals surface area (Å²) >= 11 is 0. The Labute approximate surface area is 161 Å². The molecule has 0 spiro atoms.